The van der Waals surface area contributed by atoms with E-state index in [-0.39, 0.29) is 12.4 Å². The van der Waals surface area contributed by atoms with Gasteiger partial charge in [0.25, 0.3) is 0 Å². The lowest BCUT2D eigenvalue weighted by atomic mass is 10.00. The van der Waals surface area contributed by atoms with Gasteiger partial charge in [0.15, 0.2) is 0 Å². The monoisotopic (exact) mass is 341 g/mol. The average molecular weight is 341 g/mol. The van der Waals surface area contributed by atoms with Gasteiger partial charge in [0.2, 0.25) is 10.0 Å². The van der Waals surface area contributed by atoms with Gasteiger partial charge in [-0.3, -0.25) is 0 Å². The summed E-state index contributed by atoms with van der Waals surface area (Å²) < 4.78 is 44.4. The maximum atomic E-state index is 14.3. The molecule has 0 aliphatic carbocycles. The van der Waals surface area contributed by atoms with Crippen molar-refractivity contribution in [2.45, 2.75) is 32.7 Å². The van der Waals surface area contributed by atoms with Crippen LogP contribution in [0.2, 0.25) is 0 Å². The van der Waals surface area contributed by atoms with E-state index in [0.29, 0.717) is 38.2 Å². The second kappa shape index (κ2) is 8.04. The van der Waals surface area contributed by atoms with Crippen LogP contribution in [0.4, 0.5) is 4.39 Å². The molecule has 1 heterocycles. The van der Waals surface area contributed by atoms with Crippen molar-refractivity contribution in [2.75, 3.05) is 26.0 Å². The molecular weight excluding hydrogens is 317 g/mol. The summed E-state index contributed by atoms with van der Waals surface area (Å²) in [7, 11) is -3.33. The van der Waals surface area contributed by atoms with E-state index in [1.807, 2.05) is 19.1 Å². The van der Waals surface area contributed by atoms with Gasteiger partial charge >= 0.3 is 0 Å². The van der Waals surface area contributed by atoms with E-state index in [1.165, 1.54) is 15.9 Å². The van der Waals surface area contributed by atoms with Crippen LogP contribution in [0.15, 0.2) is 29.8 Å². The van der Waals surface area contributed by atoms with Crippen LogP contribution in [0.1, 0.15) is 30.9 Å². The molecule has 128 valence electrons. The third kappa shape index (κ3) is 5.41. The number of hydrogen-bond acceptors (Lipinski definition) is 3. The number of ether oxygens (including phenoxy) is 1. The molecule has 0 bridgehead atoms. The van der Waals surface area contributed by atoms with Crippen LogP contribution >= 0.6 is 0 Å². The van der Waals surface area contributed by atoms with Gasteiger partial charge in [0.05, 0.1) is 19.5 Å². The van der Waals surface area contributed by atoms with Crippen molar-refractivity contribution in [2.24, 2.45) is 0 Å². The molecule has 0 fully saturated rings. The van der Waals surface area contributed by atoms with Crippen LogP contribution in [-0.2, 0) is 27.7 Å². The molecule has 0 unspecified atom stereocenters. The minimum Gasteiger partial charge on any atom is -0.377 e. The smallest absolute Gasteiger partial charge is 0.211 e. The highest BCUT2D eigenvalue weighted by atomic mass is 32.2. The van der Waals surface area contributed by atoms with Gasteiger partial charge in [-0.15, -0.1) is 0 Å². The number of nitrogens with zero attached hydrogens (tertiary/aromatic N) is 1. The molecule has 0 saturated carbocycles. The number of benzene rings is 1. The minimum absolute atomic E-state index is 0.0787. The van der Waals surface area contributed by atoms with E-state index >= 15 is 0 Å². The Kier molecular flexibility index (Phi) is 6.33. The Morgan fingerprint density at radius 2 is 2.13 bits per heavy atom. The first-order valence-corrected chi connectivity index (χ1v) is 9.73. The standard InChI is InChI=1S/C17H24FNO3S/c1-3-8-19(23(2,20)21)13-16-5-4-15(12-17(16)18)11-14-6-9-22-10-7-14/h4-6,12H,3,7-11,13H2,1-2H3. The number of hydrogen-bond donors (Lipinski definition) is 0. The van der Waals surface area contributed by atoms with Crippen molar-refractivity contribution >= 4 is 10.0 Å². The maximum absolute atomic E-state index is 14.3. The van der Waals surface area contributed by atoms with E-state index in [4.69, 9.17) is 4.74 Å². The fraction of sp³-hybridized carbons (Fsp3) is 0.529. The molecule has 2 rings (SSSR count). The van der Waals surface area contributed by atoms with Crippen LogP contribution < -0.4 is 0 Å². The summed E-state index contributed by atoms with van der Waals surface area (Å²) in [6.07, 6.45) is 5.49. The Labute approximate surface area is 138 Å². The topological polar surface area (TPSA) is 46.6 Å². The van der Waals surface area contributed by atoms with E-state index in [1.54, 1.807) is 6.07 Å². The molecule has 1 aromatic rings. The van der Waals surface area contributed by atoms with E-state index in [9.17, 15) is 12.8 Å². The van der Waals surface area contributed by atoms with Crippen molar-refractivity contribution < 1.29 is 17.5 Å². The minimum atomic E-state index is -3.33. The van der Waals surface area contributed by atoms with Gasteiger partial charge in [0.1, 0.15) is 5.82 Å². The molecular formula is C17H24FNO3S. The predicted octanol–water partition coefficient (Wildman–Crippen LogP) is 2.89. The second-order valence-electron chi connectivity index (χ2n) is 5.89. The average Bonchev–Trinajstić information content (AvgIpc) is 2.49. The van der Waals surface area contributed by atoms with E-state index in [0.717, 1.165) is 18.2 Å². The molecule has 23 heavy (non-hydrogen) atoms. The molecule has 1 aliphatic rings. The van der Waals surface area contributed by atoms with Crippen LogP contribution in [0, 0.1) is 5.82 Å². The van der Waals surface area contributed by atoms with Crippen molar-refractivity contribution in [3.8, 4) is 0 Å². The highest BCUT2D eigenvalue weighted by Crippen LogP contribution is 2.19. The highest BCUT2D eigenvalue weighted by molar-refractivity contribution is 7.88. The van der Waals surface area contributed by atoms with Crippen LogP contribution in [-0.4, -0.2) is 38.7 Å². The van der Waals surface area contributed by atoms with Gasteiger partial charge in [-0.25, -0.2) is 12.8 Å². The molecule has 0 atom stereocenters. The summed E-state index contributed by atoms with van der Waals surface area (Å²) in [5, 5.41) is 0. The number of halogens is 1. The van der Waals surface area contributed by atoms with E-state index < -0.39 is 10.0 Å². The Morgan fingerprint density at radius 1 is 1.35 bits per heavy atom. The van der Waals surface area contributed by atoms with Crippen molar-refractivity contribution in [3.63, 3.8) is 0 Å². The van der Waals surface area contributed by atoms with Gasteiger partial charge in [0, 0.05) is 18.7 Å². The highest BCUT2D eigenvalue weighted by Gasteiger charge is 2.18. The normalized spacial score (nSPS) is 15.7. The van der Waals surface area contributed by atoms with Crippen LogP contribution in [0.25, 0.3) is 0 Å². The van der Waals surface area contributed by atoms with Crippen molar-refractivity contribution in [3.05, 3.63) is 46.8 Å². The lowest BCUT2D eigenvalue weighted by molar-refractivity contribution is 0.154. The second-order valence-corrected chi connectivity index (χ2v) is 7.87. The Balaban J connectivity index is 2.10. The predicted molar refractivity (Wildman–Crippen MR) is 89.2 cm³/mol. The van der Waals surface area contributed by atoms with Gasteiger partial charge in [-0.05, 0) is 30.9 Å². The van der Waals surface area contributed by atoms with Crippen LogP contribution in [0.3, 0.4) is 0 Å². The summed E-state index contributed by atoms with van der Waals surface area (Å²) in [5.41, 5.74) is 2.57. The maximum Gasteiger partial charge on any atom is 0.211 e. The third-order valence-electron chi connectivity index (χ3n) is 3.89. The molecule has 0 aromatic heterocycles. The molecule has 1 aliphatic heterocycles. The van der Waals surface area contributed by atoms with Crippen molar-refractivity contribution in [1.29, 1.82) is 0 Å². The van der Waals surface area contributed by atoms with Gasteiger partial charge in [-0.2, -0.15) is 4.31 Å². The third-order valence-corrected chi connectivity index (χ3v) is 5.14. The quantitative estimate of drug-likeness (QED) is 0.717. The SMILES string of the molecule is CCCN(Cc1ccc(CC2=CCOCC2)cc1F)S(C)(=O)=O. The van der Waals surface area contributed by atoms with Crippen LogP contribution in [0.5, 0.6) is 0 Å². The van der Waals surface area contributed by atoms with Gasteiger partial charge in [-0.1, -0.05) is 30.7 Å². The Bertz CT molecular complexity index is 670. The van der Waals surface area contributed by atoms with Gasteiger partial charge < -0.3 is 4.74 Å². The fourth-order valence-corrected chi connectivity index (χ4v) is 3.51. The zero-order valence-corrected chi connectivity index (χ0v) is 14.5. The molecule has 6 heteroatoms. The summed E-state index contributed by atoms with van der Waals surface area (Å²) in [6.45, 7) is 3.71. The first-order valence-electron chi connectivity index (χ1n) is 7.88. The lowest BCUT2D eigenvalue weighted by Gasteiger charge is -2.20. The summed E-state index contributed by atoms with van der Waals surface area (Å²) >= 11 is 0. The molecule has 0 radical (unpaired) electrons. The fourth-order valence-electron chi connectivity index (χ4n) is 2.62. The van der Waals surface area contributed by atoms with Crippen molar-refractivity contribution in [1.82, 2.24) is 4.31 Å². The Hall–Kier alpha value is -1.24. The summed E-state index contributed by atoms with van der Waals surface area (Å²) in [5.74, 6) is -0.347. The molecule has 4 nitrogen and oxygen atoms in total. The molecule has 0 spiro atoms. The Morgan fingerprint density at radius 3 is 2.70 bits per heavy atom. The lowest BCUT2D eigenvalue weighted by Crippen LogP contribution is -2.30. The largest absolute Gasteiger partial charge is 0.377 e. The number of rotatable bonds is 7. The molecule has 0 saturated heterocycles. The summed E-state index contributed by atoms with van der Waals surface area (Å²) in [4.78, 5) is 0. The first-order chi connectivity index (χ1) is 10.9. The molecule has 1 aromatic carbocycles. The zero-order valence-electron chi connectivity index (χ0n) is 13.7. The first kappa shape index (κ1) is 18.1. The molecule has 0 amide bonds. The molecule has 0 N–H and O–H groups in total. The number of sulfonamides is 1. The summed E-state index contributed by atoms with van der Waals surface area (Å²) in [6, 6.07) is 5.08. The zero-order chi connectivity index (χ0) is 16.9. The van der Waals surface area contributed by atoms with E-state index in [2.05, 4.69) is 0 Å².